The van der Waals surface area contributed by atoms with E-state index in [2.05, 4.69) is 11.1 Å². The fourth-order valence-corrected chi connectivity index (χ4v) is 1.82. The minimum atomic E-state index is 0.109. The quantitative estimate of drug-likeness (QED) is 0.667. The van der Waals surface area contributed by atoms with Crippen LogP contribution in [0, 0.1) is 0 Å². The van der Waals surface area contributed by atoms with E-state index in [-0.39, 0.29) is 5.56 Å². The average Bonchev–Trinajstić information content (AvgIpc) is 2.49. The highest BCUT2D eigenvalue weighted by Crippen LogP contribution is 2.18. The number of hydrogen-bond acceptors (Lipinski definition) is 1. The summed E-state index contributed by atoms with van der Waals surface area (Å²) in [6, 6.07) is 2.07. The Labute approximate surface area is 71.6 Å². The molecule has 2 heteroatoms. The lowest BCUT2D eigenvalue weighted by atomic mass is 10.1. The van der Waals surface area contributed by atoms with Crippen molar-refractivity contribution in [3.05, 3.63) is 33.2 Å². The molecule has 0 amide bonds. The van der Waals surface area contributed by atoms with Crippen molar-refractivity contribution < 1.29 is 0 Å². The number of aryl methyl sites for hydroxylation is 3. The highest BCUT2D eigenvalue weighted by molar-refractivity contribution is 5.28. The van der Waals surface area contributed by atoms with Gasteiger partial charge in [0.2, 0.25) is 0 Å². The number of aromatic amines is 1. The maximum atomic E-state index is 11.4. The highest BCUT2D eigenvalue weighted by Gasteiger charge is 2.12. The molecule has 0 radical (unpaired) electrons. The maximum Gasteiger partial charge on any atom is 0.251 e. The zero-order valence-corrected chi connectivity index (χ0v) is 7.31. The molecule has 0 saturated heterocycles. The van der Waals surface area contributed by atoms with Crippen LogP contribution in [-0.2, 0) is 19.3 Å². The summed E-state index contributed by atoms with van der Waals surface area (Å²) < 4.78 is 0. The summed E-state index contributed by atoms with van der Waals surface area (Å²) in [4.78, 5) is 14.3. The SMILES string of the molecule is CCc1cc2c([nH]c1=O)CCC2. The third-order valence-corrected chi connectivity index (χ3v) is 2.55. The second-order valence-corrected chi connectivity index (χ2v) is 3.33. The largest absolute Gasteiger partial charge is 0.326 e. The highest BCUT2D eigenvalue weighted by atomic mass is 16.1. The third-order valence-electron chi connectivity index (χ3n) is 2.55. The van der Waals surface area contributed by atoms with Crippen LogP contribution in [0.15, 0.2) is 10.9 Å². The fourth-order valence-electron chi connectivity index (χ4n) is 1.82. The lowest BCUT2D eigenvalue weighted by Crippen LogP contribution is -2.13. The van der Waals surface area contributed by atoms with Gasteiger partial charge in [-0.25, -0.2) is 0 Å². The molecule has 0 bridgehead atoms. The van der Waals surface area contributed by atoms with Gasteiger partial charge >= 0.3 is 0 Å². The minimum Gasteiger partial charge on any atom is -0.326 e. The Morgan fingerprint density at radius 2 is 2.33 bits per heavy atom. The normalized spacial score (nSPS) is 14.8. The van der Waals surface area contributed by atoms with Crippen molar-refractivity contribution >= 4 is 0 Å². The van der Waals surface area contributed by atoms with Crippen molar-refractivity contribution in [2.75, 3.05) is 0 Å². The third kappa shape index (κ3) is 1.07. The van der Waals surface area contributed by atoms with E-state index in [0.29, 0.717) is 0 Å². The van der Waals surface area contributed by atoms with E-state index in [4.69, 9.17) is 0 Å². The predicted molar refractivity (Wildman–Crippen MR) is 48.5 cm³/mol. The smallest absolute Gasteiger partial charge is 0.251 e. The van der Waals surface area contributed by atoms with Crippen LogP contribution in [0.4, 0.5) is 0 Å². The van der Waals surface area contributed by atoms with Gasteiger partial charge in [-0.2, -0.15) is 0 Å². The van der Waals surface area contributed by atoms with Crippen molar-refractivity contribution in [3.63, 3.8) is 0 Å². The lowest BCUT2D eigenvalue weighted by Gasteiger charge is -2.00. The first-order chi connectivity index (χ1) is 5.81. The molecule has 1 aliphatic rings. The molecule has 0 atom stereocenters. The van der Waals surface area contributed by atoms with Crippen LogP contribution < -0.4 is 5.56 Å². The molecule has 2 rings (SSSR count). The Morgan fingerprint density at radius 1 is 1.50 bits per heavy atom. The maximum absolute atomic E-state index is 11.4. The molecule has 1 aromatic heterocycles. The second-order valence-electron chi connectivity index (χ2n) is 3.33. The van der Waals surface area contributed by atoms with Crippen LogP contribution in [0.25, 0.3) is 0 Å². The molecule has 0 saturated carbocycles. The van der Waals surface area contributed by atoms with Crippen molar-refractivity contribution in [1.82, 2.24) is 4.98 Å². The van der Waals surface area contributed by atoms with E-state index in [1.54, 1.807) is 0 Å². The van der Waals surface area contributed by atoms with Gasteiger partial charge in [-0.05, 0) is 37.3 Å². The van der Waals surface area contributed by atoms with Crippen LogP contribution in [0.3, 0.4) is 0 Å². The Bertz CT molecular complexity index is 351. The number of pyridine rings is 1. The number of hydrogen-bond donors (Lipinski definition) is 1. The van der Waals surface area contributed by atoms with Crippen molar-refractivity contribution in [1.29, 1.82) is 0 Å². The Morgan fingerprint density at radius 3 is 3.08 bits per heavy atom. The summed E-state index contributed by atoms with van der Waals surface area (Å²) >= 11 is 0. The van der Waals surface area contributed by atoms with E-state index >= 15 is 0 Å². The van der Waals surface area contributed by atoms with Gasteiger partial charge in [-0.15, -0.1) is 0 Å². The van der Waals surface area contributed by atoms with Gasteiger partial charge in [0.1, 0.15) is 0 Å². The number of nitrogens with one attached hydrogen (secondary N) is 1. The van der Waals surface area contributed by atoms with Crippen LogP contribution in [0.1, 0.15) is 30.2 Å². The summed E-state index contributed by atoms with van der Waals surface area (Å²) in [5.41, 5.74) is 3.55. The zero-order chi connectivity index (χ0) is 8.55. The molecule has 0 aliphatic heterocycles. The van der Waals surface area contributed by atoms with Crippen molar-refractivity contribution in [2.24, 2.45) is 0 Å². The van der Waals surface area contributed by atoms with Crippen molar-refractivity contribution in [3.8, 4) is 0 Å². The Balaban J connectivity index is 2.57. The summed E-state index contributed by atoms with van der Waals surface area (Å²) in [5, 5.41) is 0. The molecule has 0 fully saturated rings. The van der Waals surface area contributed by atoms with Crippen LogP contribution in [-0.4, -0.2) is 4.98 Å². The molecular formula is C10H13NO. The summed E-state index contributed by atoms with van der Waals surface area (Å²) in [5.74, 6) is 0. The monoisotopic (exact) mass is 163 g/mol. The molecule has 12 heavy (non-hydrogen) atoms. The molecule has 1 heterocycles. The molecule has 1 N–H and O–H groups in total. The van der Waals surface area contributed by atoms with E-state index in [1.165, 1.54) is 12.0 Å². The number of aromatic nitrogens is 1. The molecule has 1 aliphatic carbocycles. The topological polar surface area (TPSA) is 32.9 Å². The number of H-pyrrole nitrogens is 1. The average molecular weight is 163 g/mol. The Hall–Kier alpha value is -1.05. The molecule has 0 spiro atoms. The molecule has 1 aromatic rings. The Kier molecular flexibility index (Phi) is 1.75. The first-order valence-electron chi connectivity index (χ1n) is 4.55. The first kappa shape index (κ1) is 7.59. The van der Waals surface area contributed by atoms with Crippen LogP contribution in [0.2, 0.25) is 0 Å². The van der Waals surface area contributed by atoms with E-state index in [9.17, 15) is 4.79 Å². The van der Waals surface area contributed by atoms with Gasteiger partial charge < -0.3 is 4.98 Å². The zero-order valence-electron chi connectivity index (χ0n) is 7.31. The van der Waals surface area contributed by atoms with Crippen molar-refractivity contribution in [2.45, 2.75) is 32.6 Å². The minimum absolute atomic E-state index is 0.109. The molecule has 0 aromatic carbocycles. The molecular weight excluding hydrogens is 150 g/mol. The van der Waals surface area contributed by atoms with Gasteiger partial charge in [-0.3, -0.25) is 4.79 Å². The predicted octanol–water partition coefficient (Wildman–Crippen LogP) is 1.43. The first-order valence-corrected chi connectivity index (χ1v) is 4.55. The molecule has 2 nitrogen and oxygen atoms in total. The molecule has 0 unspecified atom stereocenters. The standard InChI is InChI=1S/C10H13NO/c1-2-7-6-8-4-3-5-9(8)11-10(7)12/h6H,2-5H2,1H3,(H,11,12). The van der Waals surface area contributed by atoms with E-state index < -0.39 is 0 Å². The van der Waals surface area contributed by atoms with Gasteiger partial charge in [0, 0.05) is 11.3 Å². The van der Waals surface area contributed by atoms with Crippen LogP contribution >= 0.6 is 0 Å². The number of fused-ring (bicyclic) bond motifs is 1. The second kappa shape index (κ2) is 2.77. The fraction of sp³-hybridized carbons (Fsp3) is 0.500. The number of rotatable bonds is 1. The summed E-state index contributed by atoms with van der Waals surface area (Å²) in [7, 11) is 0. The lowest BCUT2D eigenvalue weighted by molar-refractivity contribution is 0.896. The van der Waals surface area contributed by atoms with Gasteiger partial charge in [0.05, 0.1) is 0 Å². The van der Waals surface area contributed by atoms with Gasteiger partial charge in [0.15, 0.2) is 0 Å². The van der Waals surface area contributed by atoms with Gasteiger partial charge in [0.25, 0.3) is 5.56 Å². The van der Waals surface area contributed by atoms with Gasteiger partial charge in [-0.1, -0.05) is 6.92 Å². The summed E-state index contributed by atoms with van der Waals surface area (Å²) in [6.07, 6.45) is 4.22. The van der Waals surface area contributed by atoms with Crippen LogP contribution in [0.5, 0.6) is 0 Å². The van der Waals surface area contributed by atoms with E-state index in [1.807, 2.05) is 6.92 Å². The summed E-state index contributed by atoms with van der Waals surface area (Å²) in [6.45, 7) is 2.02. The molecule has 64 valence electrons. The van der Waals surface area contributed by atoms with E-state index in [0.717, 1.165) is 30.5 Å².